The van der Waals surface area contributed by atoms with E-state index in [1.807, 2.05) is 0 Å². The Kier molecular flexibility index (Phi) is 4.63. The molecule has 0 aliphatic rings. The zero-order chi connectivity index (χ0) is 15.2. The molecule has 108 valence electrons. The summed E-state index contributed by atoms with van der Waals surface area (Å²) in [5, 5.41) is 2.73. The number of ether oxygens (including phenoxy) is 1. The van der Waals surface area contributed by atoms with Gasteiger partial charge in [0.25, 0.3) is 5.91 Å². The molecule has 1 heterocycles. The highest BCUT2D eigenvalue weighted by Gasteiger charge is 2.08. The average molecular weight is 285 g/mol. The second kappa shape index (κ2) is 6.62. The van der Waals surface area contributed by atoms with E-state index in [-0.39, 0.29) is 12.5 Å². The van der Waals surface area contributed by atoms with Crippen molar-refractivity contribution in [2.45, 2.75) is 6.54 Å². The number of pyridine rings is 1. The lowest BCUT2D eigenvalue weighted by Gasteiger charge is -2.07. The summed E-state index contributed by atoms with van der Waals surface area (Å²) in [6.07, 6.45) is 1.54. The standard InChI is InChI=1S/C15H15N3O3/c1-21-15(20)10-2-4-12(5-3-10)18-14(19)11-6-7-17-13(8-11)9-16/h2-8H,9,16H2,1H3,(H,18,19). The molecule has 0 spiro atoms. The van der Waals surface area contributed by atoms with Crippen LogP contribution in [0.25, 0.3) is 0 Å². The zero-order valence-electron chi connectivity index (χ0n) is 11.5. The number of methoxy groups -OCH3 is 1. The summed E-state index contributed by atoms with van der Waals surface area (Å²) in [5.41, 5.74) is 7.61. The Hall–Kier alpha value is -2.73. The molecule has 2 aromatic rings. The predicted octanol–water partition coefficient (Wildman–Crippen LogP) is 1.58. The van der Waals surface area contributed by atoms with Gasteiger partial charge in [0.15, 0.2) is 0 Å². The zero-order valence-corrected chi connectivity index (χ0v) is 11.5. The number of hydrogen-bond acceptors (Lipinski definition) is 5. The first kappa shape index (κ1) is 14.7. The lowest BCUT2D eigenvalue weighted by Crippen LogP contribution is -2.13. The third-order valence-electron chi connectivity index (χ3n) is 2.85. The van der Waals surface area contributed by atoms with Gasteiger partial charge in [-0.1, -0.05) is 0 Å². The van der Waals surface area contributed by atoms with Crippen LogP contribution >= 0.6 is 0 Å². The Bertz CT molecular complexity index is 653. The second-order valence-electron chi connectivity index (χ2n) is 4.26. The summed E-state index contributed by atoms with van der Waals surface area (Å²) in [4.78, 5) is 27.4. The van der Waals surface area contributed by atoms with Crippen molar-refractivity contribution in [3.8, 4) is 0 Å². The smallest absolute Gasteiger partial charge is 0.337 e. The van der Waals surface area contributed by atoms with Crippen LogP contribution in [0.5, 0.6) is 0 Å². The highest BCUT2D eigenvalue weighted by molar-refractivity contribution is 6.04. The molecule has 0 aliphatic carbocycles. The van der Waals surface area contributed by atoms with E-state index in [9.17, 15) is 9.59 Å². The Morgan fingerprint density at radius 1 is 1.19 bits per heavy atom. The summed E-state index contributed by atoms with van der Waals surface area (Å²) in [7, 11) is 1.32. The Balaban J connectivity index is 2.10. The molecule has 3 N–H and O–H groups in total. The number of amides is 1. The maximum atomic E-state index is 12.1. The topological polar surface area (TPSA) is 94.3 Å². The minimum absolute atomic E-state index is 0.266. The van der Waals surface area contributed by atoms with Crippen molar-refractivity contribution in [3.63, 3.8) is 0 Å². The van der Waals surface area contributed by atoms with Crippen molar-refractivity contribution < 1.29 is 14.3 Å². The largest absolute Gasteiger partial charge is 0.465 e. The Labute approximate surface area is 121 Å². The number of hydrogen-bond donors (Lipinski definition) is 2. The number of benzene rings is 1. The average Bonchev–Trinajstić information content (AvgIpc) is 2.54. The first-order chi connectivity index (χ1) is 10.1. The first-order valence-electron chi connectivity index (χ1n) is 6.28. The number of nitrogens with zero attached hydrogens (tertiary/aromatic N) is 1. The van der Waals surface area contributed by atoms with Gasteiger partial charge >= 0.3 is 5.97 Å². The number of nitrogens with two attached hydrogens (primary N) is 1. The van der Waals surface area contributed by atoms with Crippen LogP contribution in [0.1, 0.15) is 26.4 Å². The van der Waals surface area contributed by atoms with Crippen LogP contribution in [0.4, 0.5) is 5.69 Å². The van der Waals surface area contributed by atoms with E-state index < -0.39 is 5.97 Å². The minimum Gasteiger partial charge on any atom is -0.465 e. The van der Waals surface area contributed by atoms with Crippen molar-refractivity contribution in [2.75, 3.05) is 12.4 Å². The van der Waals surface area contributed by atoms with Crippen LogP contribution in [-0.4, -0.2) is 24.0 Å². The lowest BCUT2D eigenvalue weighted by atomic mass is 10.2. The van der Waals surface area contributed by atoms with E-state index in [0.717, 1.165) is 0 Å². The van der Waals surface area contributed by atoms with Gasteiger partial charge in [0.2, 0.25) is 0 Å². The fourth-order valence-corrected chi connectivity index (χ4v) is 1.74. The van der Waals surface area contributed by atoms with Crippen molar-refractivity contribution in [3.05, 3.63) is 59.4 Å². The fraction of sp³-hybridized carbons (Fsp3) is 0.133. The molecule has 0 radical (unpaired) electrons. The summed E-state index contributed by atoms with van der Waals surface area (Å²) in [6.45, 7) is 0.273. The van der Waals surface area contributed by atoms with Crippen molar-refractivity contribution >= 4 is 17.6 Å². The third kappa shape index (κ3) is 3.64. The van der Waals surface area contributed by atoms with E-state index in [4.69, 9.17) is 5.73 Å². The normalized spacial score (nSPS) is 10.0. The van der Waals surface area contributed by atoms with Gasteiger partial charge in [-0.2, -0.15) is 0 Å². The molecule has 1 aromatic heterocycles. The minimum atomic E-state index is -0.422. The summed E-state index contributed by atoms with van der Waals surface area (Å²) in [5.74, 6) is -0.687. The predicted molar refractivity (Wildman–Crippen MR) is 77.9 cm³/mol. The van der Waals surface area contributed by atoms with Gasteiger partial charge in [0.05, 0.1) is 18.4 Å². The second-order valence-corrected chi connectivity index (χ2v) is 4.26. The molecular formula is C15H15N3O3. The molecule has 0 fully saturated rings. The molecule has 0 aliphatic heterocycles. The quantitative estimate of drug-likeness (QED) is 0.832. The van der Waals surface area contributed by atoms with Gasteiger partial charge in [-0.3, -0.25) is 9.78 Å². The number of nitrogens with one attached hydrogen (secondary N) is 1. The monoisotopic (exact) mass is 285 g/mol. The highest BCUT2D eigenvalue weighted by Crippen LogP contribution is 2.12. The lowest BCUT2D eigenvalue weighted by molar-refractivity contribution is 0.0600. The van der Waals surface area contributed by atoms with Crippen molar-refractivity contribution in [1.29, 1.82) is 0 Å². The van der Waals surface area contributed by atoms with Crippen LogP contribution in [0, 0.1) is 0 Å². The van der Waals surface area contributed by atoms with E-state index >= 15 is 0 Å². The molecule has 0 unspecified atom stereocenters. The van der Waals surface area contributed by atoms with Gasteiger partial charge in [-0.25, -0.2) is 4.79 Å². The highest BCUT2D eigenvalue weighted by atomic mass is 16.5. The molecular weight excluding hydrogens is 270 g/mol. The van der Waals surface area contributed by atoms with Gasteiger partial charge in [-0.15, -0.1) is 0 Å². The maximum Gasteiger partial charge on any atom is 0.337 e. The Morgan fingerprint density at radius 2 is 1.90 bits per heavy atom. The molecule has 0 saturated heterocycles. The van der Waals surface area contributed by atoms with Crippen LogP contribution in [0.2, 0.25) is 0 Å². The van der Waals surface area contributed by atoms with E-state index in [1.165, 1.54) is 13.3 Å². The van der Waals surface area contributed by atoms with Crippen molar-refractivity contribution in [2.24, 2.45) is 5.73 Å². The molecule has 0 saturated carbocycles. The molecule has 0 bridgehead atoms. The van der Waals surface area contributed by atoms with Gasteiger partial charge < -0.3 is 15.8 Å². The van der Waals surface area contributed by atoms with Gasteiger partial charge in [0, 0.05) is 24.0 Å². The molecule has 0 atom stereocenters. The van der Waals surface area contributed by atoms with E-state index in [0.29, 0.717) is 22.5 Å². The maximum absolute atomic E-state index is 12.1. The number of rotatable bonds is 4. The molecule has 21 heavy (non-hydrogen) atoms. The van der Waals surface area contributed by atoms with E-state index in [2.05, 4.69) is 15.0 Å². The SMILES string of the molecule is COC(=O)c1ccc(NC(=O)c2ccnc(CN)c2)cc1. The summed E-state index contributed by atoms with van der Waals surface area (Å²) in [6, 6.07) is 9.68. The number of anilines is 1. The van der Waals surface area contributed by atoms with Gasteiger partial charge in [-0.05, 0) is 36.4 Å². The number of aromatic nitrogens is 1. The molecule has 2 rings (SSSR count). The summed E-state index contributed by atoms with van der Waals surface area (Å²) < 4.78 is 4.61. The molecule has 1 amide bonds. The van der Waals surface area contributed by atoms with Crippen LogP contribution in [-0.2, 0) is 11.3 Å². The number of carbonyl (C=O) groups is 2. The molecule has 1 aromatic carbocycles. The van der Waals surface area contributed by atoms with E-state index in [1.54, 1.807) is 36.4 Å². The van der Waals surface area contributed by atoms with Crippen LogP contribution in [0.3, 0.4) is 0 Å². The van der Waals surface area contributed by atoms with Crippen LogP contribution in [0.15, 0.2) is 42.6 Å². The molecule has 6 nitrogen and oxygen atoms in total. The molecule has 6 heteroatoms. The number of esters is 1. The van der Waals surface area contributed by atoms with Crippen molar-refractivity contribution in [1.82, 2.24) is 4.98 Å². The first-order valence-corrected chi connectivity index (χ1v) is 6.28. The third-order valence-corrected chi connectivity index (χ3v) is 2.85. The van der Waals surface area contributed by atoms with Crippen LogP contribution < -0.4 is 11.1 Å². The number of carbonyl (C=O) groups excluding carboxylic acids is 2. The fourth-order valence-electron chi connectivity index (χ4n) is 1.74. The Morgan fingerprint density at radius 3 is 2.52 bits per heavy atom. The van der Waals surface area contributed by atoms with Gasteiger partial charge in [0.1, 0.15) is 0 Å². The summed E-state index contributed by atoms with van der Waals surface area (Å²) >= 11 is 0.